The van der Waals surface area contributed by atoms with E-state index >= 15 is 0 Å². The Labute approximate surface area is 107 Å². The van der Waals surface area contributed by atoms with Crippen LogP contribution in [0.3, 0.4) is 0 Å². The molecule has 88 valence electrons. The number of rotatable bonds is 4. The maximum Gasteiger partial charge on any atom is 0.155 e. The predicted molar refractivity (Wildman–Crippen MR) is 65.4 cm³/mol. The average Bonchev–Trinajstić information content (AvgIpc) is 2.78. The van der Waals surface area contributed by atoms with Crippen LogP contribution in [0.4, 0.5) is 0 Å². The zero-order chi connectivity index (χ0) is 12.3. The van der Waals surface area contributed by atoms with Gasteiger partial charge in [0.1, 0.15) is 21.8 Å². The van der Waals surface area contributed by atoms with Crippen LogP contribution in [-0.2, 0) is 5.75 Å². The van der Waals surface area contributed by atoms with Crippen LogP contribution in [0, 0.1) is 6.92 Å². The maximum absolute atomic E-state index is 10.9. The van der Waals surface area contributed by atoms with Gasteiger partial charge in [-0.2, -0.15) is 0 Å². The fourth-order valence-electron chi connectivity index (χ4n) is 1.27. The van der Waals surface area contributed by atoms with Crippen LogP contribution in [0.2, 0.25) is 5.15 Å². The second kappa shape index (κ2) is 5.33. The van der Waals surface area contributed by atoms with Crippen molar-refractivity contribution in [2.75, 3.05) is 0 Å². The lowest BCUT2D eigenvalue weighted by molar-refractivity contribution is 0.112. The summed E-state index contributed by atoms with van der Waals surface area (Å²) >= 11 is 7.27. The summed E-state index contributed by atoms with van der Waals surface area (Å²) in [4.78, 5) is 19.1. The molecule has 2 aromatic heterocycles. The molecule has 0 unspecified atom stereocenters. The van der Waals surface area contributed by atoms with Crippen LogP contribution in [0.25, 0.3) is 0 Å². The van der Waals surface area contributed by atoms with E-state index in [4.69, 9.17) is 16.0 Å². The van der Waals surface area contributed by atoms with E-state index in [0.717, 1.165) is 5.76 Å². The van der Waals surface area contributed by atoms with E-state index in [1.807, 2.05) is 12.1 Å². The van der Waals surface area contributed by atoms with Gasteiger partial charge in [-0.1, -0.05) is 23.4 Å². The number of aromatic nitrogens is 2. The quantitative estimate of drug-likeness (QED) is 0.484. The van der Waals surface area contributed by atoms with Gasteiger partial charge in [0.25, 0.3) is 0 Å². The topological polar surface area (TPSA) is 56.0 Å². The normalized spacial score (nSPS) is 10.5. The third kappa shape index (κ3) is 2.87. The minimum atomic E-state index is 0.189. The molecule has 0 fully saturated rings. The van der Waals surface area contributed by atoms with E-state index in [1.165, 1.54) is 11.8 Å². The van der Waals surface area contributed by atoms with Gasteiger partial charge < -0.3 is 4.42 Å². The fraction of sp³-hybridized carbons (Fsp3) is 0.182. The summed E-state index contributed by atoms with van der Waals surface area (Å²) in [7, 11) is 0. The van der Waals surface area contributed by atoms with Gasteiger partial charge in [-0.15, -0.1) is 0 Å². The zero-order valence-electron chi connectivity index (χ0n) is 9.01. The molecule has 2 heterocycles. The predicted octanol–water partition coefficient (Wildman–Crippen LogP) is 3.14. The van der Waals surface area contributed by atoms with Crippen LogP contribution >= 0.6 is 23.4 Å². The summed E-state index contributed by atoms with van der Waals surface area (Å²) in [5.74, 6) is 1.96. The number of halogens is 1. The molecule has 17 heavy (non-hydrogen) atoms. The molecule has 0 saturated heterocycles. The number of carbonyl (C=O) groups is 1. The molecular formula is C11H9ClN2O2S. The number of carbonyl (C=O) groups excluding carboxylic acids is 1. The summed E-state index contributed by atoms with van der Waals surface area (Å²) in [6.45, 7) is 1.73. The lowest BCUT2D eigenvalue weighted by Crippen LogP contribution is -1.98. The van der Waals surface area contributed by atoms with E-state index in [0.29, 0.717) is 28.5 Å². The Morgan fingerprint density at radius 3 is 3.00 bits per heavy atom. The van der Waals surface area contributed by atoms with E-state index in [9.17, 15) is 4.79 Å². The summed E-state index contributed by atoms with van der Waals surface area (Å²) in [6, 6.07) is 3.68. The third-order valence-electron chi connectivity index (χ3n) is 2.03. The molecule has 0 spiro atoms. The highest BCUT2D eigenvalue weighted by Gasteiger charge is 2.12. The maximum atomic E-state index is 10.9. The molecule has 0 bridgehead atoms. The van der Waals surface area contributed by atoms with Crippen LogP contribution in [0.15, 0.2) is 27.8 Å². The number of hydrogen-bond acceptors (Lipinski definition) is 5. The number of thioether (sulfide) groups is 1. The molecule has 6 heteroatoms. The highest BCUT2D eigenvalue weighted by molar-refractivity contribution is 7.98. The summed E-state index contributed by atoms with van der Waals surface area (Å²) < 4.78 is 5.20. The van der Waals surface area contributed by atoms with Crippen molar-refractivity contribution >= 4 is 29.6 Å². The Balaban J connectivity index is 2.22. The first-order valence-corrected chi connectivity index (χ1v) is 6.21. The minimum absolute atomic E-state index is 0.189. The van der Waals surface area contributed by atoms with E-state index in [2.05, 4.69) is 9.97 Å². The van der Waals surface area contributed by atoms with Gasteiger partial charge in [0.2, 0.25) is 0 Å². The molecule has 4 nitrogen and oxygen atoms in total. The van der Waals surface area contributed by atoms with Gasteiger partial charge in [0.05, 0.1) is 17.6 Å². The number of aldehydes is 1. The van der Waals surface area contributed by atoms with Crippen LogP contribution < -0.4 is 0 Å². The SMILES string of the molecule is Cc1nc(Cl)c(C=O)c(SCc2ccco2)n1. The third-order valence-corrected chi connectivity index (χ3v) is 3.33. The van der Waals surface area contributed by atoms with Gasteiger partial charge in [-0.25, -0.2) is 9.97 Å². The highest BCUT2D eigenvalue weighted by Crippen LogP contribution is 2.27. The smallest absolute Gasteiger partial charge is 0.155 e. The highest BCUT2D eigenvalue weighted by atomic mass is 35.5. The first-order chi connectivity index (χ1) is 8.20. The molecule has 2 aromatic rings. The lowest BCUT2D eigenvalue weighted by Gasteiger charge is -2.04. The molecule has 0 saturated carbocycles. The molecular weight excluding hydrogens is 260 g/mol. The number of nitrogens with zero attached hydrogens (tertiary/aromatic N) is 2. The van der Waals surface area contributed by atoms with E-state index < -0.39 is 0 Å². The zero-order valence-corrected chi connectivity index (χ0v) is 10.6. The van der Waals surface area contributed by atoms with Crippen molar-refractivity contribution in [3.63, 3.8) is 0 Å². The lowest BCUT2D eigenvalue weighted by atomic mass is 10.4. The van der Waals surface area contributed by atoms with Gasteiger partial charge in [0.15, 0.2) is 6.29 Å². The Hall–Kier alpha value is -1.33. The Kier molecular flexibility index (Phi) is 3.81. The van der Waals surface area contributed by atoms with E-state index in [1.54, 1.807) is 13.2 Å². The molecule has 0 aliphatic carbocycles. The number of furan rings is 1. The molecule has 0 amide bonds. The van der Waals surface area contributed by atoms with Gasteiger partial charge in [0, 0.05) is 0 Å². The van der Waals surface area contributed by atoms with Crippen LogP contribution in [0.1, 0.15) is 21.9 Å². The molecule has 0 atom stereocenters. The van der Waals surface area contributed by atoms with Gasteiger partial charge in [-0.3, -0.25) is 4.79 Å². The van der Waals surface area contributed by atoms with E-state index in [-0.39, 0.29) is 5.15 Å². The monoisotopic (exact) mass is 268 g/mol. The van der Waals surface area contributed by atoms with Crippen molar-refractivity contribution in [1.82, 2.24) is 9.97 Å². The Morgan fingerprint density at radius 2 is 2.35 bits per heavy atom. The summed E-state index contributed by atoms with van der Waals surface area (Å²) in [6.07, 6.45) is 2.28. The van der Waals surface area contributed by atoms with Crippen LogP contribution in [0.5, 0.6) is 0 Å². The largest absolute Gasteiger partial charge is 0.468 e. The second-order valence-corrected chi connectivity index (χ2v) is 4.59. The molecule has 0 N–H and O–H groups in total. The van der Waals surface area contributed by atoms with Crippen molar-refractivity contribution in [2.24, 2.45) is 0 Å². The number of aryl methyl sites for hydroxylation is 1. The molecule has 0 radical (unpaired) electrons. The van der Waals surface area contributed by atoms with Crippen molar-refractivity contribution < 1.29 is 9.21 Å². The molecule has 0 aromatic carbocycles. The standard InChI is InChI=1S/C11H9ClN2O2S/c1-7-13-10(12)9(5-15)11(14-7)17-6-8-3-2-4-16-8/h2-5H,6H2,1H3. The van der Waals surface area contributed by atoms with Crippen molar-refractivity contribution in [3.8, 4) is 0 Å². The Morgan fingerprint density at radius 1 is 1.53 bits per heavy atom. The Bertz CT molecular complexity index is 529. The first-order valence-electron chi connectivity index (χ1n) is 4.85. The van der Waals surface area contributed by atoms with Crippen molar-refractivity contribution in [3.05, 3.63) is 40.7 Å². The second-order valence-electron chi connectivity index (χ2n) is 3.27. The number of hydrogen-bond donors (Lipinski definition) is 0. The van der Waals surface area contributed by atoms with Crippen molar-refractivity contribution in [2.45, 2.75) is 17.7 Å². The molecule has 2 rings (SSSR count). The van der Waals surface area contributed by atoms with Gasteiger partial charge in [-0.05, 0) is 19.1 Å². The summed E-state index contributed by atoms with van der Waals surface area (Å²) in [5, 5.41) is 0.767. The average molecular weight is 269 g/mol. The first kappa shape index (κ1) is 12.1. The van der Waals surface area contributed by atoms with Gasteiger partial charge >= 0.3 is 0 Å². The molecule has 0 aliphatic heterocycles. The fourth-order valence-corrected chi connectivity index (χ4v) is 2.52. The van der Waals surface area contributed by atoms with Crippen LogP contribution in [-0.4, -0.2) is 16.3 Å². The summed E-state index contributed by atoms with van der Waals surface area (Å²) in [5.41, 5.74) is 0.328. The molecule has 0 aliphatic rings. The van der Waals surface area contributed by atoms with Crippen molar-refractivity contribution in [1.29, 1.82) is 0 Å². The minimum Gasteiger partial charge on any atom is -0.468 e.